The van der Waals surface area contributed by atoms with Crippen LogP contribution in [-0.4, -0.2) is 36.1 Å². The van der Waals surface area contributed by atoms with Gasteiger partial charge < -0.3 is 5.32 Å². The average Bonchev–Trinajstić information content (AvgIpc) is 2.43. The fourth-order valence-electron chi connectivity index (χ4n) is 3.56. The van der Waals surface area contributed by atoms with E-state index in [4.69, 9.17) is 0 Å². The second-order valence-electron chi connectivity index (χ2n) is 7.82. The fourth-order valence-corrected chi connectivity index (χ4v) is 3.56. The van der Waals surface area contributed by atoms with Crippen molar-refractivity contribution in [2.75, 3.05) is 19.6 Å². The van der Waals surface area contributed by atoms with Crippen LogP contribution < -0.4 is 5.32 Å². The molecule has 1 N–H and O–H groups in total. The van der Waals surface area contributed by atoms with E-state index in [9.17, 15) is 0 Å². The topological polar surface area (TPSA) is 15.3 Å². The Balaban J connectivity index is 2.88. The highest BCUT2D eigenvalue weighted by Gasteiger charge is 2.42. The molecule has 0 aliphatic carbocycles. The summed E-state index contributed by atoms with van der Waals surface area (Å²) in [6, 6.07) is 0.614. The maximum Gasteiger partial charge on any atom is 0.0329 e. The number of nitrogens with one attached hydrogen (secondary N) is 1. The van der Waals surface area contributed by atoms with E-state index in [-0.39, 0.29) is 0 Å². The molecule has 0 spiro atoms. The van der Waals surface area contributed by atoms with Gasteiger partial charge in [-0.3, -0.25) is 4.90 Å². The highest BCUT2D eigenvalue weighted by molar-refractivity contribution is 5.00. The van der Waals surface area contributed by atoms with Crippen molar-refractivity contribution in [3.63, 3.8) is 0 Å². The molecule has 1 atom stereocenters. The second-order valence-corrected chi connectivity index (χ2v) is 7.82. The smallest absolute Gasteiger partial charge is 0.0329 e. The molecule has 1 unspecified atom stereocenters. The van der Waals surface area contributed by atoms with Crippen molar-refractivity contribution in [2.24, 2.45) is 11.3 Å². The molecule has 1 aliphatic heterocycles. The average molecular weight is 283 g/mol. The third kappa shape index (κ3) is 3.98. The molecule has 0 radical (unpaired) electrons. The van der Waals surface area contributed by atoms with Crippen LogP contribution in [0, 0.1) is 11.3 Å². The lowest BCUT2D eigenvalue weighted by molar-refractivity contribution is -0.00370. The predicted molar refractivity (Wildman–Crippen MR) is 90.2 cm³/mol. The van der Waals surface area contributed by atoms with Crippen molar-refractivity contribution in [3.05, 3.63) is 0 Å². The first-order chi connectivity index (χ1) is 9.32. The van der Waals surface area contributed by atoms with Crippen LogP contribution in [0.1, 0.15) is 74.1 Å². The molecule has 0 saturated carbocycles. The molecule has 0 aromatic heterocycles. The minimum Gasteiger partial charge on any atom is -0.310 e. The number of hydrogen-bond donors (Lipinski definition) is 1. The highest BCUT2D eigenvalue weighted by atomic mass is 15.3. The molecule has 0 aromatic rings. The first kappa shape index (κ1) is 18.0. The summed E-state index contributed by atoms with van der Waals surface area (Å²) in [5.74, 6) is 0.853. The largest absolute Gasteiger partial charge is 0.310 e. The summed E-state index contributed by atoms with van der Waals surface area (Å²) in [6.45, 7) is 20.2. The van der Waals surface area contributed by atoms with E-state index in [1.165, 1.54) is 38.8 Å². The molecule has 0 amide bonds. The van der Waals surface area contributed by atoms with Crippen molar-refractivity contribution in [3.8, 4) is 0 Å². The van der Waals surface area contributed by atoms with Crippen molar-refractivity contribution in [1.29, 1.82) is 0 Å². The van der Waals surface area contributed by atoms with Gasteiger partial charge >= 0.3 is 0 Å². The Kier molecular flexibility index (Phi) is 6.53. The Morgan fingerprint density at radius 3 is 2.05 bits per heavy atom. The van der Waals surface area contributed by atoms with Gasteiger partial charge in [0.15, 0.2) is 0 Å². The Morgan fingerprint density at radius 1 is 1.10 bits per heavy atom. The van der Waals surface area contributed by atoms with Gasteiger partial charge in [0.25, 0.3) is 0 Å². The monoisotopic (exact) mass is 282 g/mol. The van der Waals surface area contributed by atoms with Gasteiger partial charge in [0.2, 0.25) is 0 Å². The lowest BCUT2D eigenvalue weighted by Gasteiger charge is -2.53. The first-order valence-electron chi connectivity index (χ1n) is 8.81. The summed E-state index contributed by atoms with van der Waals surface area (Å²) in [7, 11) is 0. The summed E-state index contributed by atoms with van der Waals surface area (Å²) < 4.78 is 0. The molecule has 0 bridgehead atoms. The maximum atomic E-state index is 3.85. The van der Waals surface area contributed by atoms with Crippen molar-refractivity contribution in [1.82, 2.24) is 10.2 Å². The van der Waals surface area contributed by atoms with E-state index in [0.717, 1.165) is 12.5 Å². The minimum atomic E-state index is 0.347. The number of rotatable bonds is 6. The predicted octanol–water partition coefficient (Wildman–Crippen LogP) is 4.30. The van der Waals surface area contributed by atoms with Crippen LogP contribution in [0.3, 0.4) is 0 Å². The summed E-state index contributed by atoms with van der Waals surface area (Å²) in [6.07, 6.45) is 5.13. The van der Waals surface area contributed by atoms with E-state index in [1.807, 2.05) is 0 Å². The van der Waals surface area contributed by atoms with Gasteiger partial charge in [0.05, 0.1) is 0 Å². The Hall–Kier alpha value is -0.0800. The van der Waals surface area contributed by atoms with Crippen molar-refractivity contribution < 1.29 is 0 Å². The highest BCUT2D eigenvalue weighted by Crippen LogP contribution is 2.33. The van der Waals surface area contributed by atoms with Crippen LogP contribution in [0.5, 0.6) is 0 Å². The normalized spacial score (nSPS) is 24.3. The first-order valence-corrected chi connectivity index (χ1v) is 8.81. The van der Waals surface area contributed by atoms with Gasteiger partial charge in [-0.05, 0) is 24.2 Å². The van der Waals surface area contributed by atoms with Crippen molar-refractivity contribution >= 4 is 0 Å². The zero-order chi connectivity index (χ0) is 15.4. The maximum absolute atomic E-state index is 3.85. The third-order valence-electron chi connectivity index (χ3n) is 5.75. The molecule has 0 aromatic carbocycles. The molecular weight excluding hydrogens is 244 g/mol. The summed E-state index contributed by atoms with van der Waals surface area (Å²) in [5, 5.41) is 3.85. The molecule has 2 heteroatoms. The lowest BCUT2D eigenvalue weighted by atomic mass is 9.79. The van der Waals surface area contributed by atoms with Gasteiger partial charge in [-0.2, -0.15) is 0 Å². The van der Waals surface area contributed by atoms with Gasteiger partial charge in [0.1, 0.15) is 0 Å². The molecule has 1 saturated heterocycles. The van der Waals surface area contributed by atoms with Crippen LogP contribution in [0.4, 0.5) is 0 Å². The summed E-state index contributed by atoms with van der Waals surface area (Å²) in [4.78, 5) is 2.83. The van der Waals surface area contributed by atoms with Crippen LogP contribution in [0.25, 0.3) is 0 Å². The van der Waals surface area contributed by atoms with Gasteiger partial charge in [-0.15, -0.1) is 0 Å². The molecular formula is C18H38N2. The van der Waals surface area contributed by atoms with E-state index in [0.29, 0.717) is 17.0 Å². The zero-order valence-electron chi connectivity index (χ0n) is 15.1. The SMILES string of the molecule is CCC(CC)CN1CC(C(C)(C)C)NCC1(CC)CC. The van der Waals surface area contributed by atoms with Crippen molar-refractivity contribution in [2.45, 2.75) is 85.7 Å². The zero-order valence-corrected chi connectivity index (χ0v) is 15.1. The van der Waals surface area contributed by atoms with Gasteiger partial charge in [0, 0.05) is 31.2 Å². The second kappa shape index (κ2) is 7.26. The molecule has 20 heavy (non-hydrogen) atoms. The Labute approximate surface area is 127 Å². The fraction of sp³-hybridized carbons (Fsp3) is 1.00. The molecule has 1 fully saturated rings. The molecule has 2 nitrogen and oxygen atoms in total. The molecule has 1 heterocycles. The number of nitrogens with zero attached hydrogens (tertiary/aromatic N) is 1. The molecule has 120 valence electrons. The molecule has 1 rings (SSSR count). The molecule has 1 aliphatic rings. The van der Waals surface area contributed by atoms with Gasteiger partial charge in [-0.1, -0.05) is 61.3 Å². The lowest BCUT2D eigenvalue weighted by Crippen LogP contribution is -2.67. The minimum absolute atomic E-state index is 0.347. The summed E-state index contributed by atoms with van der Waals surface area (Å²) >= 11 is 0. The van der Waals surface area contributed by atoms with Gasteiger partial charge in [-0.25, -0.2) is 0 Å². The van der Waals surface area contributed by atoms with E-state index >= 15 is 0 Å². The number of hydrogen-bond acceptors (Lipinski definition) is 2. The number of piperazine rings is 1. The Morgan fingerprint density at radius 2 is 1.65 bits per heavy atom. The quantitative estimate of drug-likeness (QED) is 0.781. The summed E-state index contributed by atoms with van der Waals surface area (Å²) in [5.41, 5.74) is 0.726. The van der Waals surface area contributed by atoms with Crippen LogP contribution in [0.15, 0.2) is 0 Å². The van der Waals surface area contributed by atoms with E-state index < -0.39 is 0 Å². The van der Waals surface area contributed by atoms with E-state index in [2.05, 4.69) is 58.7 Å². The standard InChI is InChI=1S/C18H38N2/c1-8-15(9-2)12-20-13-16(17(5,6)7)19-14-18(20,10-3)11-4/h15-16,19H,8-14H2,1-7H3. The van der Waals surface area contributed by atoms with E-state index in [1.54, 1.807) is 0 Å². The Bertz CT molecular complexity index is 272. The van der Waals surface area contributed by atoms with Crippen LogP contribution >= 0.6 is 0 Å². The third-order valence-corrected chi connectivity index (χ3v) is 5.75. The van der Waals surface area contributed by atoms with Crippen LogP contribution in [-0.2, 0) is 0 Å². The van der Waals surface area contributed by atoms with Crippen LogP contribution in [0.2, 0.25) is 0 Å².